The fourth-order valence-electron chi connectivity index (χ4n) is 7.34. The van der Waals surface area contributed by atoms with Crippen molar-refractivity contribution in [3.05, 3.63) is 43.3 Å². The zero-order chi connectivity index (χ0) is 49.6. The normalized spacial score (nSPS) is 17.6. The highest BCUT2D eigenvalue weighted by molar-refractivity contribution is 9.11. The third kappa shape index (κ3) is 19.1. The van der Waals surface area contributed by atoms with E-state index in [1.807, 2.05) is 41.5 Å². The van der Waals surface area contributed by atoms with Crippen LogP contribution in [0.3, 0.4) is 0 Å². The Hall–Kier alpha value is -2.94. The number of hydrogen-bond acceptors (Lipinski definition) is 14. The van der Waals surface area contributed by atoms with Gasteiger partial charge in [0.1, 0.15) is 27.5 Å². The van der Waals surface area contributed by atoms with Crippen molar-refractivity contribution in [3.63, 3.8) is 0 Å². The van der Waals surface area contributed by atoms with Crippen LogP contribution < -0.4 is 15.4 Å². The topological polar surface area (TPSA) is 172 Å². The van der Waals surface area contributed by atoms with Gasteiger partial charge < -0.3 is 54.1 Å². The highest BCUT2D eigenvalue weighted by atomic mass is 79.9. The molecule has 0 spiro atoms. The van der Waals surface area contributed by atoms with Crippen LogP contribution >= 0.6 is 71.0 Å². The number of nitrogens with one attached hydrogen (secondary N) is 2. The maximum absolute atomic E-state index is 12.4. The van der Waals surface area contributed by atoms with Crippen LogP contribution in [0.4, 0.5) is 21.0 Å². The number of nitrogens with zero attached hydrogens (tertiary/aromatic N) is 4. The number of benzene rings is 2. The lowest BCUT2D eigenvalue weighted by Crippen LogP contribution is -2.53. The Morgan fingerprint density at radius 1 is 0.687 bits per heavy atom. The molecule has 2 atom stereocenters. The van der Waals surface area contributed by atoms with E-state index in [0.29, 0.717) is 87.8 Å². The zero-order valence-electron chi connectivity index (χ0n) is 39.7. The van der Waals surface area contributed by atoms with Crippen LogP contribution in [0.5, 0.6) is 11.5 Å². The minimum absolute atomic E-state index is 0.139. The average molecular weight is 1170 g/mol. The molecule has 4 fully saturated rings. The number of ether oxygens (including phenoxy) is 5. The third-order valence-corrected chi connectivity index (χ3v) is 13.9. The first-order valence-corrected chi connectivity index (χ1v) is 25.7. The quantitative estimate of drug-likeness (QED) is 0.0707. The van der Waals surface area contributed by atoms with Gasteiger partial charge in [-0.3, -0.25) is 9.69 Å². The first kappa shape index (κ1) is 56.6. The smallest absolute Gasteiger partial charge is 0.410 e. The molecule has 2 aromatic carbocycles. The van der Waals surface area contributed by atoms with Gasteiger partial charge >= 0.3 is 24.1 Å². The molecule has 2 amide bonds. The summed E-state index contributed by atoms with van der Waals surface area (Å²) in [6.07, 6.45) is 3.43. The lowest BCUT2D eigenvalue weighted by atomic mass is 10.0. The number of amides is 2. The predicted molar refractivity (Wildman–Crippen MR) is 272 cm³/mol. The van der Waals surface area contributed by atoms with Gasteiger partial charge in [-0.2, -0.15) is 0 Å². The number of carbonyl (C=O) groups is 4. The van der Waals surface area contributed by atoms with E-state index in [1.54, 1.807) is 34.1 Å². The molecule has 0 aromatic heterocycles. The second-order valence-corrected chi connectivity index (χ2v) is 22.6. The summed E-state index contributed by atoms with van der Waals surface area (Å²) in [5.74, 6) is 0.666. The summed E-state index contributed by atoms with van der Waals surface area (Å²) in [7, 11) is 2.78. The Morgan fingerprint density at radius 2 is 1.10 bits per heavy atom. The monoisotopic (exact) mass is 1170 g/mol. The molecule has 2 aromatic rings. The Bertz CT molecular complexity index is 1970. The van der Waals surface area contributed by atoms with Gasteiger partial charge in [-0.1, -0.05) is 39.1 Å². The highest BCUT2D eigenvalue weighted by Crippen LogP contribution is 2.37. The van der Waals surface area contributed by atoms with Gasteiger partial charge in [0.2, 0.25) is 6.10 Å². The molecule has 16 nitrogen and oxygen atoms in total. The number of esters is 2. The fraction of sp³-hybridized carbons (Fsp3) is 0.652. The molecule has 376 valence electrons. The molecule has 67 heavy (non-hydrogen) atoms. The number of rotatable bonds is 14. The van der Waals surface area contributed by atoms with E-state index in [-0.39, 0.29) is 34.7 Å². The molecular formula is C46H67Br3Cl2N6O10. The summed E-state index contributed by atoms with van der Waals surface area (Å²) in [4.78, 5) is 55.0. The number of phenols is 1. The van der Waals surface area contributed by atoms with Gasteiger partial charge in [0.25, 0.3) is 0 Å². The van der Waals surface area contributed by atoms with Crippen LogP contribution in [-0.4, -0.2) is 164 Å². The van der Waals surface area contributed by atoms with Crippen LogP contribution in [0.1, 0.15) is 67.2 Å². The Morgan fingerprint density at radius 3 is 1.55 bits per heavy atom. The molecule has 4 aliphatic heterocycles. The standard InChI is InChI=1S/C23H33BrClN3O5.C15H20BrClN2O3.C8H14BrNO2/c1-23(2,3)33-22(30)28-12-15(13-28)11-26-18-10-17(25)16(24)9-19(18)32-20(21(29)31-4)14-27-7-5-6-8-27;1-15(2,3)22-14(21)19-7-9(8-19)6-18-12-5-11(17)10(16)4-13(12)20;1-12-8(11)7(9)6-10-4-2-3-5-10/h9-10,15,20,26H,5-8,11-14H2,1-4H3;4-5,9,18,20H,6-8H2,1-3H3;7H,2-6H2,1H3. The highest BCUT2D eigenvalue weighted by Gasteiger charge is 2.35. The Labute approximate surface area is 430 Å². The minimum atomic E-state index is -0.743. The summed E-state index contributed by atoms with van der Waals surface area (Å²) in [5.41, 5.74) is 0.296. The molecule has 6 rings (SSSR count). The number of anilines is 2. The molecule has 0 saturated carbocycles. The Balaban J connectivity index is 0.000000246. The fourth-order valence-corrected chi connectivity index (χ4v) is 8.92. The van der Waals surface area contributed by atoms with E-state index in [0.717, 1.165) is 45.6 Å². The maximum Gasteiger partial charge on any atom is 0.410 e. The second kappa shape index (κ2) is 26.3. The largest absolute Gasteiger partial charge is 0.506 e. The maximum atomic E-state index is 12.4. The van der Waals surface area contributed by atoms with Gasteiger partial charge in [-0.25, -0.2) is 14.4 Å². The molecule has 4 heterocycles. The van der Waals surface area contributed by atoms with Crippen molar-refractivity contribution in [2.75, 3.05) is 103 Å². The number of hydrogen-bond donors (Lipinski definition) is 3. The van der Waals surface area contributed by atoms with Gasteiger partial charge in [-0.05, 0) is 150 Å². The molecule has 0 radical (unpaired) electrons. The minimum Gasteiger partial charge on any atom is -0.506 e. The van der Waals surface area contributed by atoms with E-state index in [2.05, 4.69) is 73.0 Å². The molecule has 4 saturated heterocycles. The molecule has 3 N–H and O–H groups in total. The van der Waals surface area contributed by atoms with Crippen LogP contribution in [-0.2, 0) is 28.5 Å². The second-order valence-electron chi connectivity index (χ2n) is 18.9. The summed E-state index contributed by atoms with van der Waals surface area (Å²) in [6, 6.07) is 6.76. The lowest BCUT2D eigenvalue weighted by molar-refractivity contribution is -0.149. The van der Waals surface area contributed by atoms with Crippen molar-refractivity contribution in [1.82, 2.24) is 19.6 Å². The van der Waals surface area contributed by atoms with Gasteiger partial charge in [0.15, 0.2) is 0 Å². The van der Waals surface area contributed by atoms with Crippen LogP contribution in [0.2, 0.25) is 10.0 Å². The molecule has 2 unspecified atom stereocenters. The number of carbonyl (C=O) groups excluding carboxylic acids is 4. The molecule has 21 heteroatoms. The van der Waals surface area contributed by atoms with Crippen molar-refractivity contribution in [2.45, 2.75) is 89.4 Å². The molecule has 0 bridgehead atoms. The lowest BCUT2D eigenvalue weighted by Gasteiger charge is -2.40. The van der Waals surface area contributed by atoms with Crippen molar-refractivity contribution < 1.29 is 48.0 Å². The number of alkyl halides is 1. The van der Waals surface area contributed by atoms with Crippen molar-refractivity contribution in [2.24, 2.45) is 11.8 Å². The first-order valence-electron chi connectivity index (χ1n) is 22.5. The van der Waals surface area contributed by atoms with Crippen molar-refractivity contribution >= 4 is 106 Å². The van der Waals surface area contributed by atoms with Gasteiger partial charge in [0.05, 0.1) is 35.6 Å². The van der Waals surface area contributed by atoms with Gasteiger partial charge in [-0.15, -0.1) is 0 Å². The summed E-state index contributed by atoms with van der Waals surface area (Å²) in [5, 5.41) is 17.4. The van der Waals surface area contributed by atoms with Gasteiger partial charge in [0, 0.05) is 73.1 Å². The number of methoxy groups -OCH3 is 2. The number of halogens is 5. The van der Waals surface area contributed by atoms with Crippen LogP contribution in [0.25, 0.3) is 0 Å². The number of likely N-dealkylation sites (tertiary alicyclic amines) is 4. The number of aromatic hydroxyl groups is 1. The van der Waals surface area contributed by atoms with E-state index >= 15 is 0 Å². The molecule has 4 aliphatic rings. The zero-order valence-corrected chi connectivity index (χ0v) is 46.0. The van der Waals surface area contributed by atoms with Crippen molar-refractivity contribution in [1.29, 1.82) is 0 Å². The first-order chi connectivity index (χ1) is 31.4. The summed E-state index contributed by atoms with van der Waals surface area (Å²) in [6.45, 7) is 20.3. The van der Waals surface area contributed by atoms with E-state index in [4.69, 9.17) is 42.1 Å². The molecular weight excluding hydrogens is 1110 g/mol. The van der Waals surface area contributed by atoms with Crippen molar-refractivity contribution in [3.8, 4) is 11.5 Å². The SMILES string of the molecule is CC(C)(C)OC(=O)N1CC(CNc2cc(Cl)c(Br)cc2O)C1.COC(=O)C(Br)CN1CCCC1.COC(=O)C(CN1CCCC1)Oc1cc(Br)c(Cl)cc1NCC1CN(C(=O)OC(C)(C)C)C1. The summed E-state index contributed by atoms with van der Waals surface area (Å²) >= 11 is 22.3. The van der Waals surface area contributed by atoms with E-state index in [9.17, 15) is 24.3 Å². The molecule has 0 aliphatic carbocycles. The predicted octanol–water partition coefficient (Wildman–Crippen LogP) is 9.50. The number of phenolic OH excluding ortho intramolecular Hbond substituents is 1. The third-order valence-electron chi connectivity index (χ3n) is 10.9. The Kier molecular flexibility index (Phi) is 22.3. The van der Waals surface area contributed by atoms with Crippen LogP contribution in [0, 0.1) is 11.8 Å². The average Bonchev–Trinajstić information content (AvgIpc) is 3.93. The summed E-state index contributed by atoms with van der Waals surface area (Å²) < 4.78 is 27.8. The van der Waals surface area contributed by atoms with Crippen LogP contribution in [0.15, 0.2) is 33.2 Å². The van der Waals surface area contributed by atoms with E-state index in [1.165, 1.54) is 27.1 Å². The van der Waals surface area contributed by atoms with E-state index < -0.39 is 23.3 Å².